The van der Waals surface area contributed by atoms with E-state index in [4.69, 9.17) is 9.47 Å². The van der Waals surface area contributed by atoms with Crippen molar-refractivity contribution in [3.63, 3.8) is 0 Å². The Morgan fingerprint density at radius 2 is 2.24 bits per heavy atom. The summed E-state index contributed by atoms with van der Waals surface area (Å²) in [6, 6.07) is 0. The largest absolute Gasteiger partial charge is 0.504 e. The van der Waals surface area contributed by atoms with E-state index >= 15 is 0 Å². The van der Waals surface area contributed by atoms with Crippen molar-refractivity contribution >= 4 is 5.78 Å². The topological polar surface area (TPSA) is 55.8 Å². The van der Waals surface area contributed by atoms with Gasteiger partial charge in [-0.1, -0.05) is 12.2 Å². The first-order valence-corrected chi connectivity index (χ1v) is 5.56. The average Bonchev–Trinajstić information content (AvgIpc) is 2.34. The van der Waals surface area contributed by atoms with Gasteiger partial charge in [0.1, 0.15) is 5.76 Å². The second-order valence-corrected chi connectivity index (χ2v) is 4.27. The fourth-order valence-corrected chi connectivity index (χ4v) is 2.53. The van der Waals surface area contributed by atoms with Crippen LogP contribution < -0.4 is 0 Å². The van der Waals surface area contributed by atoms with Crippen LogP contribution in [0, 0.1) is 5.41 Å². The Labute approximate surface area is 100 Å². The molecule has 1 N–H and O–H groups in total. The summed E-state index contributed by atoms with van der Waals surface area (Å²) in [4.78, 5) is 11.5. The molecule has 0 saturated heterocycles. The summed E-state index contributed by atoms with van der Waals surface area (Å²) in [5.41, 5.74) is -0.559. The molecule has 0 aromatic heterocycles. The van der Waals surface area contributed by atoms with E-state index in [0.29, 0.717) is 5.76 Å². The third-order valence-corrected chi connectivity index (χ3v) is 3.38. The molecule has 1 spiro atoms. The quantitative estimate of drug-likeness (QED) is 0.744. The SMILES string of the molecule is COC1=CC(=O)C(O)=CC12CCC=CC2OC. The molecule has 0 heterocycles. The highest BCUT2D eigenvalue weighted by atomic mass is 16.5. The molecule has 4 heteroatoms. The predicted molar refractivity (Wildman–Crippen MR) is 62.4 cm³/mol. The number of rotatable bonds is 2. The van der Waals surface area contributed by atoms with E-state index in [1.165, 1.54) is 13.2 Å². The Hall–Kier alpha value is -1.55. The summed E-state index contributed by atoms with van der Waals surface area (Å²) in [5, 5.41) is 9.65. The fourth-order valence-electron chi connectivity index (χ4n) is 2.53. The number of aliphatic hydroxyl groups excluding tert-OH is 1. The monoisotopic (exact) mass is 236 g/mol. The van der Waals surface area contributed by atoms with Crippen LogP contribution in [0.1, 0.15) is 12.8 Å². The number of hydrogen-bond donors (Lipinski definition) is 1. The maximum absolute atomic E-state index is 11.5. The average molecular weight is 236 g/mol. The van der Waals surface area contributed by atoms with E-state index < -0.39 is 11.2 Å². The van der Waals surface area contributed by atoms with Gasteiger partial charge in [0.25, 0.3) is 0 Å². The third-order valence-electron chi connectivity index (χ3n) is 3.38. The van der Waals surface area contributed by atoms with Crippen molar-refractivity contribution in [3.05, 3.63) is 35.8 Å². The van der Waals surface area contributed by atoms with Gasteiger partial charge in [-0.25, -0.2) is 0 Å². The molecule has 0 aromatic rings. The van der Waals surface area contributed by atoms with Gasteiger partial charge in [-0.15, -0.1) is 0 Å². The second kappa shape index (κ2) is 4.37. The van der Waals surface area contributed by atoms with Crippen LogP contribution >= 0.6 is 0 Å². The number of ether oxygens (including phenoxy) is 2. The van der Waals surface area contributed by atoms with Gasteiger partial charge in [-0.05, 0) is 18.9 Å². The van der Waals surface area contributed by atoms with Crippen LogP contribution in [-0.2, 0) is 14.3 Å². The number of carbonyl (C=O) groups is 1. The van der Waals surface area contributed by atoms with Crippen molar-refractivity contribution in [2.45, 2.75) is 18.9 Å². The Bertz CT molecular complexity index is 419. The van der Waals surface area contributed by atoms with Gasteiger partial charge in [-0.2, -0.15) is 0 Å². The molecule has 17 heavy (non-hydrogen) atoms. The second-order valence-electron chi connectivity index (χ2n) is 4.27. The number of carbonyl (C=O) groups excluding carboxylic acids is 1. The van der Waals surface area contributed by atoms with Crippen molar-refractivity contribution in [3.8, 4) is 0 Å². The molecule has 2 aliphatic rings. The summed E-state index contributed by atoms with van der Waals surface area (Å²) in [7, 11) is 3.14. The minimum absolute atomic E-state index is 0.224. The summed E-state index contributed by atoms with van der Waals surface area (Å²) >= 11 is 0. The maximum atomic E-state index is 11.5. The zero-order chi connectivity index (χ0) is 12.5. The molecule has 92 valence electrons. The normalized spacial score (nSPS) is 32.4. The van der Waals surface area contributed by atoms with E-state index in [-0.39, 0.29) is 11.9 Å². The van der Waals surface area contributed by atoms with Crippen LogP contribution in [0.3, 0.4) is 0 Å². The van der Waals surface area contributed by atoms with Crippen LogP contribution in [0.25, 0.3) is 0 Å². The van der Waals surface area contributed by atoms with Crippen molar-refractivity contribution in [2.75, 3.05) is 14.2 Å². The van der Waals surface area contributed by atoms with E-state index in [9.17, 15) is 9.90 Å². The molecule has 0 fully saturated rings. The summed E-state index contributed by atoms with van der Waals surface area (Å²) in [6.45, 7) is 0. The van der Waals surface area contributed by atoms with Crippen molar-refractivity contribution < 1.29 is 19.4 Å². The first-order valence-electron chi connectivity index (χ1n) is 5.56. The molecule has 0 amide bonds. The smallest absolute Gasteiger partial charge is 0.223 e. The van der Waals surface area contributed by atoms with Gasteiger partial charge in [0, 0.05) is 13.2 Å². The molecule has 0 aliphatic heterocycles. The summed E-state index contributed by atoms with van der Waals surface area (Å²) in [5.74, 6) is -0.100. The Balaban J connectivity index is 2.49. The van der Waals surface area contributed by atoms with Gasteiger partial charge in [0.15, 0.2) is 5.76 Å². The van der Waals surface area contributed by atoms with Crippen molar-refractivity contribution in [1.82, 2.24) is 0 Å². The van der Waals surface area contributed by atoms with Crippen LogP contribution in [-0.4, -0.2) is 31.2 Å². The maximum Gasteiger partial charge on any atom is 0.223 e. The minimum atomic E-state index is -0.559. The first kappa shape index (κ1) is 11.9. The van der Waals surface area contributed by atoms with Crippen LogP contribution in [0.2, 0.25) is 0 Å². The Morgan fingerprint density at radius 3 is 2.88 bits per heavy atom. The van der Waals surface area contributed by atoms with Crippen LogP contribution in [0.5, 0.6) is 0 Å². The third kappa shape index (κ3) is 1.78. The predicted octanol–water partition coefficient (Wildman–Crippen LogP) is 1.89. The fraction of sp³-hybridized carbons (Fsp3) is 0.462. The highest BCUT2D eigenvalue weighted by molar-refractivity contribution is 6.03. The zero-order valence-corrected chi connectivity index (χ0v) is 9.97. The number of aliphatic hydroxyl groups is 1. The Kier molecular flexibility index (Phi) is 3.07. The van der Waals surface area contributed by atoms with Crippen molar-refractivity contribution in [1.29, 1.82) is 0 Å². The standard InChI is InChI=1S/C13H16O4/c1-16-11-5-3-4-6-13(11)8-10(15)9(14)7-12(13)17-2/h3,5,7-8,11,15H,4,6H2,1-2H3. The van der Waals surface area contributed by atoms with E-state index in [0.717, 1.165) is 12.8 Å². The van der Waals surface area contributed by atoms with Gasteiger partial charge < -0.3 is 14.6 Å². The van der Waals surface area contributed by atoms with E-state index in [2.05, 4.69) is 0 Å². The lowest BCUT2D eigenvalue weighted by atomic mass is 9.70. The van der Waals surface area contributed by atoms with Gasteiger partial charge in [-0.3, -0.25) is 4.79 Å². The van der Waals surface area contributed by atoms with E-state index in [1.807, 2.05) is 12.2 Å². The number of hydrogen-bond acceptors (Lipinski definition) is 4. The molecule has 2 unspecified atom stereocenters. The number of methoxy groups -OCH3 is 2. The molecule has 2 rings (SSSR count). The summed E-state index contributed by atoms with van der Waals surface area (Å²) in [6.07, 6.45) is 8.27. The van der Waals surface area contributed by atoms with Crippen LogP contribution in [0.15, 0.2) is 35.8 Å². The van der Waals surface area contributed by atoms with Crippen molar-refractivity contribution in [2.24, 2.45) is 5.41 Å². The molecular weight excluding hydrogens is 220 g/mol. The van der Waals surface area contributed by atoms with E-state index in [1.54, 1.807) is 13.2 Å². The molecule has 2 atom stereocenters. The Morgan fingerprint density at radius 1 is 1.47 bits per heavy atom. The van der Waals surface area contributed by atoms with Gasteiger partial charge >= 0.3 is 0 Å². The zero-order valence-electron chi connectivity index (χ0n) is 9.97. The lowest BCUT2D eigenvalue weighted by molar-refractivity contribution is -0.114. The minimum Gasteiger partial charge on any atom is -0.504 e. The van der Waals surface area contributed by atoms with Crippen LogP contribution in [0.4, 0.5) is 0 Å². The van der Waals surface area contributed by atoms with Gasteiger partial charge in [0.05, 0.1) is 18.6 Å². The molecule has 4 nitrogen and oxygen atoms in total. The molecule has 2 aliphatic carbocycles. The highest BCUT2D eigenvalue weighted by Gasteiger charge is 2.45. The lowest BCUT2D eigenvalue weighted by Gasteiger charge is -2.40. The number of allylic oxidation sites excluding steroid dienone is 2. The number of ketones is 1. The molecule has 0 aromatic carbocycles. The molecule has 0 radical (unpaired) electrons. The lowest BCUT2D eigenvalue weighted by Crippen LogP contribution is -2.40. The molecule has 0 bridgehead atoms. The highest BCUT2D eigenvalue weighted by Crippen LogP contribution is 2.45. The first-order chi connectivity index (χ1) is 8.14. The van der Waals surface area contributed by atoms with Gasteiger partial charge in [0.2, 0.25) is 5.78 Å². The molecule has 0 saturated carbocycles. The summed E-state index contributed by atoms with van der Waals surface area (Å²) < 4.78 is 10.7. The molecular formula is C13H16O4.